The molecule has 1 aromatic carbocycles. The van der Waals surface area contributed by atoms with Gasteiger partial charge in [0.15, 0.2) is 0 Å². The highest BCUT2D eigenvalue weighted by Gasteiger charge is 2.23. The molecular weight excluding hydrogens is 350 g/mol. The maximum atomic E-state index is 12.4. The summed E-state index contributed by atoms with van der Waals surface area (Å²) >= 11 is 0. The maximum Gasteiger partial charge on any atom is 0.340 e. The molecule has 8 heteroatoms. The molecule has 0 fully saturated rings. The van der Waals surface area contributed by atoms with Crippen molar-refractivity contribution in [1.82, 2.24) is 15.8 Å². The van der Waals surface area contributed by atoms with E-state index in [1.54, 1.807) is 45.0 Å². The minimum atomic E-state index is -0.564. The number of aromatic amines is 1. The molecule has 2 amide bonds. The highest BCUT2D eigenvalue weighted by Crippen LogP contribution is 2.19. The molecule has 0 unspecified atom stereocenters. The van der Waals surface area contributed by atoms with Crippen molar-refractivity contribution in [2.45, 2.75) is 27.7 Å². The quantitative estimate of drug-likeness (QED) is 0.532. The van der Waals surface area contributed by atoms with Gasteiger partial charge in [-0.3, -0.25) is 20.4 Å². The van der Waals surface area contributed by atoms with Gasteiger partial charge in [-0.25, -0.2) is 4.79 Å². The standard InChI is InChI=1S/C19H23N3O5/c1-5-26-14-9-7-13(8-10-14)17(23)21-22-18(24)16-11(3)15(12(4)20-16)19(25)27-6-2/h7-10,20H,5-6H2,1-4H3,(H,21,23)(H,22,24). The fourth-order valence-electron chi connectivity index (χ4n) is 2.60. The van der Waals surface area contributed by atoms with E-state index in [0.29, 0.717) is 34.7 Å². The van der Waals surface area contributed by atoms with Crippen LogP contribution in [0.2, 0.25) is 0 Å². The Labute approximate surface area is 157 Å². The Balaban J connectivity index is 2.04. The number of aromatic nitrogens is 1. The molecule has 1 aromatic heterocycles. The van der Waals surface area contributed by atoms with Crippen LogP contribution in [0.3, 0.4) is 0 Å². The van der Waals surface area contributed by atoms with E-state index < -0.39 is 17.8 Å². The number of H-pyrrole nitrogens is 1. The Bertz CT molecular complexity index is 840. The molecule has 0 aliphatic carbocycles. The molecule has 2 aromatic rings. The Morgan fingerprint density at radius 3 is 2.19 bits per heavy atom. The van der Waals surface area contributed by atoms with E-state index >= 15 is 0 Å². The zero-order valence-electron chi connectivity index (χ0n) is 15.8. The number of hydrogen-bond acceptors (Lipinski definition) is 5. The van der Waals surface area contributed by atoms with E-state index in [4.69, 9.17) is 9.47 Å². The second-order valence-corrected chi connectivity index (χ2v) is 5.71. The summed E-state index contributed by atoms with van der Waals surface area (Å²) in [6.07, 6.45) is 0. The average molecular weight is 373 g/mol. The van der Waals surface area contributed by atoms with Gasteiger partial charge in [0, 0.05) is 11.3 Å². The third-order valence-corrected chi connectivity index (χ3v) is 3.86. The topological polar surface area (TPSA) is 110 Å². The SMILES string of the molecule is CCOC(=O)c1c(C)[nH]c(C(=O)NNC(=O)c2ccc(OCC)cc2)c1C. The zero-order chi connectivity index (χ0) is 20.0. The Morgan fingerprint density at radius 1 is 0.963 bits per heavy atom. The number of esters is 1. The van der Waals surface area contributed by atoms with Crippen molar-refractivity contribution in [3.8, 4) is 5.75 Å². The molecule has 0 spiro atoms. The Hall–Kier alpha value is -3.29. The summed E-state index contributed by atoms with van der Waals surface area (Å²) in [6, 6.07) is 6.53. The van der Waals surface area contributed by atoms with Crippen molar-refractivity contribution in [3.63, 3.8) is 0 Å². The number of rotatable bonds is 6. The number of carbonyl (C=O) groups is 3. The molecule has 0 saturated carbocycles. The first-order valence-electron chi connectivity index (χ1n) is 8.58. The first-order chi connectivity index (χ1) is 12.9. The van der Waals surface area contributed by atoms with Crippen LogP contribution in [0.5, 0.6) is 5.75 Å². The summed E-state index contributed by atoms with van der Waals surface area (Å²) in [5.74, 6) is -0.883. The lowest BCUT2D eigenvalue weighted by Gasteiger charge is -2.08. The number of aryl methyl sites for hydroxylation is 1. The normalized spacial score (nSPS) is 10.2. The largest absolute Gasteiger partial charge is 0.494 e. The second-order valence-electron chi connectivity index (χ2n) is 5.71. The number of hydrazine groups is 1. The van der Waals surface area contributed by atoms with Crippen LogP contribution in [0.4, 0.5) is 0 Å². The first kappa shape index (κ1) is 20.0. The Morgan fingerprint density at radius 2 is 1.59 bits per heavy atom. The highest BCUT2D eigenvalue weighted by atomic mass is 16.5. The molecule has 8 nitrogen and oxygen atoms in total. The molecule has 3 N–H and O–H groups in total. The molecule has 0 aliphatic rings. The monoisotopic (exact) mass is 373 g/mol. The minimum Gasteiger partial charge on any atom is -0.494 e. The van der Waals surface area contributed by atoms with Crippen LogP contribution in [0, 0.1) is 13.8 Å². The molecule has 0 atom stereocenters. The zero-order valence-corrected chi connectivity index (χ0v) is 15.8. The van der Waals surface area contributed by atoms with Gasteiger partial charge in [-0.15, -0.1) is 0 Å². The van der Waals surface area contributed by atoms with Crippen molar-refractivity contribution in [2.24, 2.45) is 0 Å². The van der Waals surface area contributed by atoms with Crippen LogP contribution in [0.1, 0.15) is 56.3 Å². The van der Waals surface area contributed by atoms with Crippen molar-refractivity contribution in [3.05, 3.63) is 52.3 Å². The molecule has 0 saturated heterocycles. The van der Waals surface area contributed by atoms with Crippen LogP contribution < -0.4 is 15.6 Å². The highest BCUT2D eigenvalue weighted by molar-refractivity contribution is 6.02. The van der Waals surface area contributed by atoms with Crippen LogP contribution in [0.25, 0.3) is 0 Å². The van der Waals surface area contributed by atoms with Crippen LogP contribution >= 0.6 is 0 Å². The van der Waals surface area contributed by atoms with Crippen molar-refractivity contribution in [2.75, 3.05) is 13.2 Å². The molecule has 144 valence electrons. The molecular formula is C19H23N3O5. The first-order valence-corrected chi connectivity index (χ1v) is 8.58. The summed E-state index contributed by atoms with van der Waals surface area (Å²) in [4.78, 5) is 39.4. The number of hydrogen-bond donors (Lipinski definition) is 3. The molecule has 0 radical (unpaired) electrons. The summed E-state index contributed by atoms with van der Waals surface area (Å²) in [6.45, 7) is 7.66. The van der Waals surface area contributed by atoms with Gasteiger partial charge in [-0.05, 0) is 57.5 Å². The van der Waals surface area contributed by atoms with E-state index in [-0.39, 0.29) is 12.3 Å². The van der Waals surface area contributed by atoms with Crippen LogP contribution in [-0.4, -0.2) is 36.0 Å². The summed E-state index contributed by atoms with van der Waals surface area (Å²) in [7, 11) is 0. The third-order valence-electron chi connectivity index (χ3n) is 3.86. The number of carbonyl (C=O) groups excluding carboxylic acids is 3. The maximum absolute atomic E-state index is 12.4. The van der Waals surface area contributed by atoms with Crippen molar-refractivity contribution >= 4 is 17.8 Å². The number of ether oxygens (including phenoxy) is 2. The van der Waals surface area contributed by atoms with Gasteiger partial charge in [0.25, 0.3) is 11.8 Å². The fourth-order valence-corrected chi connectivity index (χ4v) is 2.60. The number of amides is 2. The summed E-state index contributed by atoms with van der Waals surface area (Å²) in [5, 5.41) is 0. The number of nitrogens with one attached hydrogen (secondary N) is 3. The summed E-state index contributed by atoms with van der Waals surface area (Å²) < 4.78 is 10.3. The van der Waals surface area contributed by atoms with Crippen LogP contribution in [-0.2, 0) is 4.74 Å². The Kier molecular flexibility index (Phi) is 6.59. The van der Waals surface area contributed by atoms with Gasteiger partial charge in [0.1, 0.15) is 11.4 Å². The lowest BCUT2D eigenvalue weighted by atomic mass is 10.1. The third kappa shape index (κ3) is 4.66. The fraction of sp³-hybridized carbons (Fsp3) is 0.316. The van der Waals surface area contributed by atoms with E-state index in [1.807, 2.05) is 6.92 Å². The average Bonchev–Trinajstić information content (AvgIpc) is 2.95. The summed E-state index contributed by atoms with van der Waals surface area (Å²) in [5.41, 5.74) is 6.53. The van der Waals surface area contributed by atoms with E-state index in [2.05, 4.69) is 15.8 Å². The van der Waals surface area contributed by atoms with Gasteiger partial charge in [-0.1, -0.05) is 0 Å². The number of benzene rings is 1. The minimum absolute atomic E-state index is 0.183. The predicted octanol–water partition coefficient (Wildman–Crippen LogP) is 2.28. The van der Waals surface area contributed by atoms with Crippen molar-refractivity contribution in [1.29, 1.82) is 0 Å². The van der Waals surface area contributed by atoms with Gasteiger partial charge in [-0.2, -0.15) is 0 Å². The lowest BCUT2D eigenvalue weighted by molar-refractivity contribution is 0.0524. The molecule has 1 heterocycles. The second kappa shape index (κ2) is 8.88. The van der Waals surface area contributed by atoms with Gasteiger partial charge < -0.3 is 14.5 Å². The van der Waals surface area contributed by atoms with Gasteiger partial charge in [0.05, 0.1) is 18.8 Å². The van der Waals surface area contributed by atoms with E-state index in [0.717, 1.165) is 0 Å². The lowest BCUT2D eigenvalue weighted by Crippen LogP contribution is -2.42. The molecule has 2 rings (SSSR count). The van der Waals surface area contributed by atoms with Gasteiger partial charge in [0.2, 0.25) is 0 Å². The van der Waals surface area contributed by atoms with Gasteiger partial charge >= 0.3 is 5.97 Å². The van der Waals surface area contributed by atoms with Crippen molar-refractivity contribution < 1.29 is 23.9 Å². The van der Waals surface area contributed by atoms with E-state index in [1.165, 1.54) is 0 Å². The van der Waals surface area contributed by atoms with E-state index in [9.17, 15) is 14.4 Å². The molecule has 27 heavy (non-hydrogen) atoms. The molecule has 0 aliphatic heterocycles. The predicted molar refractivity (Wildman–Crippen MR) is 98.8 cm³/mol. The smallest absolute Gasteiger partial charge is 0.340 e. The molecule has 0 bridgehead atoms. The van der Waals surface area contributed by atoms with Crippen LogP contribution in [0.15, 0.2) is 24.3 Å².